The van der Waals surface area contributed by atoms with E-state index in [1.54, 1.807) is 19.2 Å². The van der Waals surface area contributed by atoms with Crippen LogP contribution in [0.3, 0.4) is 0 Å². The van der Waals surface area contributed by atoms with Crippen LogP contribution >= 0.6 is 0 Å². The number of amides is 1. The summed E-state index contributed by atoms with van der Waals surface area (Å²) in [6, 6.07) is 12.7. The SMILES string of the molecule is CCNC(=O)c1cc(F)c(C)c(-c2ccc3c(-c4ccnc(C)c4)n[nH]c3c2)c1.O=CO. The van der Waals surface area contributed by atoms with Crippen LogP contribution in [0, 0.1) is 19.7 Å². The zero-order valence-electron chi connectivity index (χ0n) is 17.9. The van der Waals surface area contributed by atoms with Crippen LogP contribution in [0.1, 0.15) is 28.5 Å². The van der Waals surface area contributed by atoms with Gasteiger partial charge in [0, 0.05) is 34.9 Å². The van der Waals surface area contributed by atoms with E-state index in [-0.39, 0.29) is 12.4 Å². The number of H-pyrrole nitrogens is 1. The minimum atomic E-state index is -0.401. The van der Waals surface area contributed by atoms with Crippen LogP contribution in [0.15, 0.2) is 48.7 Å². The molecule has 1 amide bonds. The molecule has 8 heteroatoms. The van der Waals surface area contributed by atoms with Crippen LogP contribution in [-0.4, -0.2) is 39.2 Å². The zero-order valence-corrected chi connectivity index (χ0v) is 17.9. The number of hydrogen-bond donors (Lipinski definition) is 3. The van der Waals surface area contributed by atoms with Gasteiger partial charge in [-0.3, -0.25) is 19.7 Å². The van der Waals surface area contributed by atoms with E-state index in [0.29, 0.717) is 23.2 Å². The van der Waals surface area contributed by atoms with Crippen molar-refractivity contribution >= 4 is 23.3 Å². The van der Waals surface area contributed by atoms with Gasteiger partial charge in [-0.25, -0.2) is 4.39 Å². The van der Waals surface area contributed by atoms with Crippen LogP contribution in [0.2, 0.25) is 0 Å². The first kappa shape index (κ1) is 22.6. The van der Waals surface area contributed by atoms with E-state index in [1.165, 1.54) is 6.07 Å². The highest BCUT2D eigenvalue weighted by Gasteiger charge is 2.15. The monoisotopic (exact) mass is 434 g/mol. The number of carboxylic acid groups (broad SMARTS) is 1. The van der Waals surface area contributed by atoms with E-state index in [4.69, 9.17) is 9.90 Å². The fourth-order valence-corrected chi connectivity index (χ4v) is 3.47. The van der Waals surface area contributed by atoms with Gasteiger partial charge < -0.3 is 10.4 Å². The Morgan fingerprint density at radius 1 is 1.16 bits per heavy atom. The molecule has 4 rings (SSSR count). The summed E-state index contributed by atoms with van der Waals surface area (Å²) in [5, 5.41) is 18.1. The van der Waals surface area contributed by atoms with E-state index >= 15 is 0 Å². The molecule has 2 heterocycles. The van der Waals surface area contributed by atoms with Crippen LogP contribution in [0.25, 0.3) is 33.3 Å². The molecule has 4 aromatic rings. The molecule has 2 aromatic heterocycles. The predicted molar refractivity (Wildman–Crippen MR) is 121 cm³/mol. The number of rotatable bonds is 4. The molecule has 0 saturated carbocycles. The number of fused-ring (bicyclic) bond motifs is 1. The molecule has 0 fully saturated rings. The molecule has 0 aliphatic rings. The van der Waals surface area contributed by atoms with Crippen molar-refractivity contribution in [3.63, 3.8) is 0 Å². The number of carbonyl (C=O) groups excluding carboxylic acids is 1. The molecule has 2 aromatic carbocycles. The fraction of sp³-hybridized carbons (Fsp3) is 0.167. The summed E-state index contributed by atoms with van der Waals surface area (Å²) in [5.41, 5.74) is 5.90. The zero-order chi connectivity index (χ0) is 23.3. The molecule has 0 bridgehead atoms. The van der Waals surface area contributed by atoms with E-state index in [9.17, 15) is 9.18 Å². The molecule has 0 aliphatic carbocycles. The Labute approximate surface area is 184 Å². The Bertz CT molecular complexity index is 1280. The number of halogens is 1. The average Bonchev–Trinajstić information content (AvgIpc) is 3.19. The van der Waals surface area contributed by atoms with Gasteiger partial charge >= 0.3 is 0 Å². The number of aryl methyl sites for hydroxylation is 1. The number of pyridine rings is 1. The Kier molecular flexibility index (Phi) is 6.94. The van der Waals surface area contributed by atoms with E-state index < -0.39 is 5.82 Å². The Morgan fingerprint density at radius 3 is 2.59 bits per heavy atom. The first-order chi connectivity index (χ1) is 15.4. The second kappa shape index (κ2) is 9.82. The molecule has 0 unspecified atom stereocenters. The molecule has 0 saturated heterocycles. The maximum atomic E-state index is 14.5. The summed E-state index contributed by atoms with van der Waals surface area (Å²) in [5.74, 6) is -0.688. The molecule has 32 heavy (non-hydrogen) atoms. The van der Waals surface area contributed by atoms with E-state index in [1.807, 2.05) is 44.2 Å². The van der Waals surface area contributed by atoms with Crippen LogP contribution in [-0.2, 0) is 4.79 Å². The van der Waals surface area contributed by atoms with Gasteiger partial charge in [0.25, 0.3) is 12.4 Å². The standard InChI is InChI=1S/C23H21FN4O.CH2O2/c1-4-25-23(29)17-10-19(14(3)20(24)11-17)15-5-6-18-21(12-15)27-28-22(18)16-7-8-26-13(2)9-16;2-1-3/h5-12H,4H2,1-3H3,(H,25,29)(H,27,28);1H,(H,2,3). The largest absolute Gasteiger partial charge is 0.483 e. The molecule has 0 atom stereocenters. The molecular weight excluding hydrogens is 411 g/mol. The molecular formula is C24H23FN4O3. The average molecular weight is 434 g/mol. The van der Waals surface area contributed by atoms with Crippen LogP contribution < -0.4 is 5.32 Å². The van der Waals surface area contributed by atoms with Gasteiger partial charge in [0.2, 0.25) is 0 Å². The van der Waals surface area contributed by atoms with Crippen molar-refractivity contribution in [1.82, 2.24) is 20.5 Å². The number of carbonyl (C=O) groups is 2. The number of aromatic nitrogens is 3. The predicted octanol–water partition coefficient (Wildman–Crippen LogP) is 4.50. The van der Waals surface area contributed by atoms with Crippen LogP contribution in [0.4, 0.5) is 4.39 Å². The Balaban J connectivity index is 0.000000913. The maximum Gasteiger partial charge on any atom is 0.290 e. The molecule has 0 radical (unpaired) electrons. The first-order valence-corrected chi connectivity index (χ1v) is 9.97. The Hall–Kier alpha value is -4.07. The lowest BCUT2D eigenvalue weighted by Gasteiger charge is -2.11. The molecule has 0 spiro atoms. The summed E-state index contributed by atoms with van der Waals surface area (Å²) in [6.45, 7) is 5.72. The highest BCUT2D eigenvalue weighted by Crippen LogP contribution is 2.32. The number of benzene rings is 2. The quantitative estimate of drug-likeness (QED) is 0.410. The third-order valence-electron chi connectivity index (χ3n) is 4.99. The van der Waals surface area contributed by atoms with Crippen molar-refractivity contribution in [1.29, 1.82) is 0 Å². The van der Waals surface area contributed by atoms with Gasteiger partial charge in [0.15, 0.2) is 0 Å². The highest BCUT2D eigenvalue weighted by molar-refractivity contribution is 5.98. The lowest BCUT2D eigenvalue weighted by molar-refractivity contribution is -0.122. The third kappa shape index (κ3) is 4.64. The molecule has 7 nitrogen and oxygen atoms in total. The summed E-state index contributed by atoms with van der Waals surface area (Å²) in [7, 11) is 0. The van der Waals surface area contributed by atoms with Crippen molar-refractivity contribution in [2.45, 2.75) is 20.8 Å². The molecule has 3 N–H and O–H groups in total. The number of nitrogens with zero attached hydrogens (tertiary/aromatic N) is 2. The molecule has 164 valence electrons. The normalized spacial score (nSPS) is 10.4. The second-order valence-electron chi connectivity index (χ2n) is 7.11. The van der Waals surface area contributed by atoms with Gasteiger partial charge in [-0.1, -0.05) is 6.07 Å². The smallest absolute Gasteiger partial charge is 0.290 e. The maximum absolute atomic E-state index is 14.5. The first-order valence-electron chi connectivity index (χ1n) is 9.97. The van der Waals surface area contributed by atoms with E-state index in [2.05, 4.69) is 20.5 Å². The lowest BCUT2D eigenvalue weighted by atomic mass is 9.96. The molecule has 0 aliphatic heterocycles. The van der Waals surface area contributed by atoms with Gasteiger partial charge in [-0.05, 0) is 73.9 Å². The van der Waals surface area contributed by atoms with Crippen molar-refractivity contribution in [2.24, 2.45) is 0 Å². The lowest BCUT2D eigenvalue weighted by Crippen LogP contribution is -2.22. The van der Waals surface area contributed by atoms with Crippen LogP contribution in [0.5, 0.6) is 0 Å². The number of nitrogens with one attached hydrogen (secondary N) is 2. The minimum absolute atomic E-state index is 0.250. The second-order valence-corrected chi connectivity index (χ2v) is 7.11. The third-order valence-corrected chi connectivity index (χ3v) is 4.99. The van der Waals surface area contributed by atoms with Gasteiger partial charge in [0.1, 0.15) is 11.5 Å². The number of aromatic amines is 1. The van der Waals surface area contributed by atoms with Gasteiger partial charge in [-0.2, -0.15) is 5.10 Å². The van der Waals surface area contributed by atoms with Crippen molar-refractivity contribution in [3.8, 4) is 22.4 Å². The van der Waals surface area contributed by atoms with Gasteiger partial charge in [-0.15, -0.1) is 0 Å². The number of hydrogen-bond acceptors (Lipinski definition) is 4. The fourth-order valence-electron chi connectivity index (χ4n) is 3.47. The summed E-state index contributed by atoms with van der Waals surface area (Å²) >= 11 is 0. The minimum Gasteiger partial charge on any atom is -0.483 e. The van der Waals surface area contributed by atoms with E-state index in [0.717, 1.165) is 33.4 Å². The Morgan fingerprint density at radius 2 is 1.91 bits per heavy atom. The van der Waals surface area contributed by atoms with Gasteiger partial charge in [0.05, 0.1) is 5.52 Å². The topological polar surface area (TPSA) is 108 Å². The summed E-state index contributed by atoms with van der Waals surface area (Å²) < 4.78 is 14.5. The summed E-state index contributed by atoms with van der Waals surface area (Å²) in [4.78, 5) is 24.8. The van der Waals surface area contributed by atoms with Crippen molar-refractivity contribution < 1.29 is 19.1 Å². The summed E-state index contributed by atoms with van der Waals surface area (Å²) in [6.07, 6.45) is 1.76. The highest BCUT2D eigenvalue weighted by atomic mass is 19.1. The van der Waals surface area contributed by atoms with Crippen molar-refractivity contribution in [2.75, 3.05) is 6.54 Å². The van der Waals surface area contributed by atoms with Crippen molar-refractivity contribution in [3.05, 3.63) is 71.3 Å².